The average molecular weight is 306 g/mol. The van der Waals surface area contributed by atoms with Crippen LogP contribution in [0.1, 0.15) is 27.0 Å². The number of hydrogen-bond acceptors (Lipinski definition) is 4. The van der Waals surface area contributed by atoms with Crippen molar-refractivity contribution in [3.63, 3.8) is 0 Å². The molecule has 0 saturated carbocycles. The largest absolute Gasteiger partial charge is 0.379 e. The van der Waals surface area contributed by atoms with Crippen molar-refractivity contribution < 1.29 is 9.53 Å². The van der Waals surface area contributed by atoms with Gasteiger partial charge in [-0.1, -0.05) is 36.4 Å². The minimum absolute atomic E-state index is 0.0917. The number of hydrogen-bond donors (Lipinski definition) is 0. The van der Waals surface area contributed by atoms with Gasteiger partial charge in [0, 0.05) is 30.8 Å². The first-order valence-electron chi connectivity index (χ1n) is 7.71. The molecule has 2 aromatic carbocycles. The molecule has 0 radical (unpaired) electrons. The summed E-state index contributed by atoms with van der Waals surface area (Å²) in [6, 6.07) is 16.7. The van der Waals surface area contributed by atoms with Gasteiger partial charge in [-0.25, -0.2) is 0 Å². The molecule has 2 aromatic rings. The van der Waals surface area contributed by atoms with E-state index in [1.807, 2.05) is 24.3 Å². The topological polar surface area (TPSA) is 53.3 Å². The van der Waals surface area contributed by atoms with E-state index in [1.54, 1.807) is 24.3 Å². The van der Waals surface area contributed by atoms with Gasteiger partial charge >= 0.3 is 0 Å². The van der Waals surface area contributed by atoms with Crippen LogP contribution < -0.4 is 0 Å². The highest BCUT2D eigenvalue weighted by Gasteiger charge is 2.18. The molecular weight excluding hydrogens is 288 g/mol. The van der Waals surface area contributed by atoms with Crippen LogP contribution in [0.4, 0.5) is 0 Å². The van der Waals surface area contributed by atoms with Gasteiger partial charge in [0.05, 0.1) is 24.8 Å². The van der Waals surface area contributed by atoms with E-state index in [4.69, 9.17) is 4.74 Å². The molecule has 0 amide bonds. The van der Waals surface area contributed by atoms with E-state index < -0.39 is 0 Å². The summed E-state index contributed by atoms with van der Waals surface area (Å²) in [5, 5.41) is 9.22. The van der Waals surface area contributed by atoms with Crippen LogP contribution in [0.2, 0.25) is 0 Å². The molecule has 4 nitrogen and oxygen atoms in total. The van der Waals surface area contributed by atoms with Gasteiger partial charge in [0.25, 0.3) is 0 Å². The fourth-order valence-electron chi connectivity index (χ4n) is 2.80. The molecule has 1 aliphatic heterocycles. The van der Waals surface area contributed by atoms with Crippen LogP contribution in [0.3, 0.4) is 0 Å². The maximum absolute atomic E-state index is 12.9. The van der Waals surface area contributed by atoms with Crippen molar-refractivity contribution in [1.29, 1.82) is 5.26 Å². The van der Waals surface area contributed by atoms with Crippen LogP contribution in [-0.2, 0) is 11.3 Å². The third-order valence-corrected chi connectivity index (χ3v) is 4.05. The molecule has 0 bridgehead atoms. The van der Waals surface area contributed by atoms with E-state index in [0.29, 0.717) is 16.7 Å². The molecule has 0 spiro atoms. The normalized spacial score (nSPS) is 15.1. The maximum Gasteiger partial charge on any atom is 0.194 e. The Kier molecular flexibility index (Phi) is 4.82. The first-order valence-corrected chi connectivity index (χ1v) is 7.71. The van der Waals surface area contributed by atoms with E-state index in [1.165, 1.54) is 0 Å². The number of carbonyl (C=O) groups is 1. The van der Waals surface area contributed by atoms with Crippen molar-refractivity contribution in [2.24, 2.45) is 0 Å². The Morgan fingerprint density at radius 1 is 1.04 bits per heavy atom. The molecule has 0 aromatic heterocycles. The lowest BCUT2D eigenvalue weighted by molar-refractivity contribution is 0.0341. The van der Waals surface area contributed by atoms with Crippen LogP contribution in [-0.4, -0.2) is 37.0 Å². The number of rotatable bonds is 4. The highest BCUT2D eigenvalue weighted by atomic mass is 16.5. The predicted octanol–water partition coefficient (Wildman–Crippen LogP) is 2.62. The zero-order valence-corrected chi connectivity index (χ0v) is 12.9. The number of nitrogens with zero attached hydrogens (tertiary/aromatic N) is 2. The molecule has 23 heavy (non-hydrogen) atoms. The number of ketones is 1. The minimum atomic E-state index is -0.0917. The highest BCUT2D eigenvalue weighted by molar-refractivity contribution is 6.11. The fourth-order valence-corrected chi connectivity index (χ4v) is 2.80. The number of benzene rings is 2. The van der Waals surface area contributed by atoms with Crippen molar-refractivity contribution in [2.45, 2.75) is 6.54 Å². The minimum Gasteiger partial charge on any atom is -0.379 e. The molecule has 4 heteroatoms. The zero-order chi connectivity index (χ0) is 16.1. The number of morpholine rings is 1. The van der Waals surface area contributed by atoms with Gasteiger partial charge in [-0.05, 0) is 17.7 Å². The third kappa shape index (κ3) is 3.48. The van der Waals surface area contributed by atoms with Gasteiger partial charge in [-0.2, -0.15) is 5.26 Å². The van der Waals surface area contributed by atoms with Gasteiger partial charge in [0.1, 0.15) is 0 Å². The van der Waals surface area contributed by atoms with Crippen LogP contribution in [0.5, 0.6) is 0 Å². The number of nitriles is 1. The average Bonchev–Trinajstić information content (AvgIpc) is 2.62. The van der Waals surface area contributed by atoms with Crippen molar-refractivity contribution in [3.05, 3.63) is 70.8 Å². The molecule has 0 atom stereocenters. The van der Waals surface area contributed by atoms with E-state index in [9.17, 15) is 10.1 Å². The number of ether oxygens (including phenoxy) is 1. The maximum atomic E-state index is 12.9. The van der Waals surface area contributed by atoms with Crippen molar-refractivity contribution in [2.75, 3.05) is 26.3 Å². The molecule has 1 aliphatic rings. The van der Waals surface area contributed by atoms with Gasteiger partial charge in [-0.15, -0.1) is 0 Å². The summed E-state index contributed by atoms with van der Waals surface area (Å²) in [4.78, 5) is 15.2. The lowest BCUT2D eigenvalue weighted by Gasteiger charge is -2.27. The van der Waals surface area contributed by atoms with E-state index in [-0.39, 0.29) is 5.78 Å². The highest BCUT2D eigenvalue weighted by Crippen LogP contribution is 2.19. The summed E-state index contributed by atoms with van der Waals surface area (Å²) < 4.78 is 5.37. The molecule has 1 saturated heterocycles. The van der Waals surface area contributed by atoms with Crippen molar-refractivity contribution in [3.8, 4) is 6.07 Å². The molecule has 116 valence electrons. The molecule has 1 fully saturated rings. The molecule has 0 N–H and O–H groups in total. The standard InChI is InChI=1S/C19H18N2O2/c20-13-15-5-1-3-7-17(15)19(22)18-8-4-2-6-16(18)14-21-9-11-23-12-10-21/h1-8H,9-12,14H2. The van der Waals surface area contributed by atoms with Gasteiger partial charge in [-0.3, -0.25) is 9.69 Å². The lowest BCUT2D eigenvalue weighted by Crippen LogP contribution is -2.36. The Morgan fingerprint density at radius 3 is 2.43 bits per heavy atom. The summed E-state index contributed by atoms with van der Waals surface area (Å²) in [5.74, 6) is -0.0917. The zero-order valence-electron chi connectivity index (χ0n) is 12.9. The summed E-state index contributed by atoms with van der Waals surface area (Å²) >= 11 is 0. The van der Waals surface area contributed by atoms with E-state index in [2.05, 4.69) is 11.0 Å². The van der Waals surface area contributed by atoms with Crippen LogP contribution in [0.25, 0.3) is 0 Å². The van der Waals surface area contributed by atoms with Crippen LogP contribution >= 0.6 is 0 Å². The second-order valence-corrected chi connectivity index (χ2v) is 5.53. The molecule has 1 heterocycles. The van der Waals surface area contributed by atoms with Crippen molar-refractivity contribution in [1.82, 2.24) is 4.90 Å². The summed E-state index contributed by atoms with van der Waals surface area (Å²) in [6.07, 6.45) is 0. The van der Waals surface area contributed by atoms with Gasteiger partial charge in [0.15, 0.2) is 5.78 Å². The summed E-state index contributed by atoms with van der Waals surface area (Å²) in [7, 11) is 0. The Labute approximate surface area is 135 Å². The first-order chi connectivity index (χ1) is 11.3. The Bertz CT molecular complexity index is 743. The first kappa shape index (κ1) is 15.4. The summed E-state index contributed by atoms with van der Waals surface area (Å²) in [5.41, 5.74) is 2.54. The smallest absolute Gasteiger partial charge is 0.194 e. The van der Waals surface area contributed by atoms with Crippen LogP contribution in [0.15, 0.2) is 48.5 Å². The molecular formula is C19H18N2O2. The second kappa shape index (κ2) is 7.19. The molecule has 3 rings (SSSR count). The Hall–Kier alpha value is -2.48. The van der Waals surface area contributed by atoms with E-state index >= 15 is 0 Å². The fraction of sp³-hybridized carbons (Fsp3) is 0.263. The Morgan fingerprint density at radius 2 is 1.70 bits per heavy atom. The monoisotopic (exact) mass is 306 g/mol. The number of carbonyl (C=O) groups excluding carboxylic acids is 1. The molecule has 0 unspecified atom stereocenters. The Balaban J connectivity index is 1.90. The SMILES string of the molecule is N#Cc1ccccc1C(=O)c1ccccc1CN1CCOCC1. The second-order valence-electron chi connectivity index (χ2n) is 5.53. The van der Waals surface area contributed by atoms with Crippen LogP contribution in [0, 0.1) is 11.3 Å². The van der Waals surface area contributed by atoms with Gasteiger partial charge in [0.2, 0.25) is 0 Å². The van der Waals surface area contributed by atoms with E-state index in [0.717, 1.165) is 38.4 Å². The molecule has 0 aliphatic carbocycles. The predicted molar refractivity (Wildman–Crippen MR) is 87.1 cm³/mol. The van der Waals surface area contributed by atoms with Gasteiger partial charge < -0.3 is 4.74 Å². The third-order valence-electron chi connectivity index (χ3n) is 4.05. The summed E-state index contributed by atoms with van der Waals surface area (Å²) in [6.45, 7) is 3.93. The lowest BCUT2D eigenvalue weighted by atomic mass is 9.95. The van der Waals surface area contributed by atoms with Crippen molar-refractivity contribution >= 4 is 5.78 Å². The quantitative estimate of drug-likeness (QED) is 0.815.